The third kappa shape index (κ3) is 3.89. The minimum Gasteiger partial charge on any atom is -0.348 e. The number of carbonyl (C=O) groups excluding carboxylic acids is 1. The highest BCUT2D eigenvalue weighted by molar-refractivity contribution is 9.10. The highest BCUT2D eigenvalue weighted by atomic mass is 79.9. The molecule has 19 heavy (non-hydrogen) atoms. The number of halogens is 2. The van der Waals surface area contributed by atoms with E-state index in [0.29, 0.717) is 15.8 Å². The van der Waals surface area contributed by atoms with E-state index >= 15 is 0 Å². The van der Waals surface area contributed by atoms with Crippen molar-refractivity contribution in [2.24, 2.45) is 0 Å². The van der Waals surface area contributed by atoms with Gasteiger partial charge < -0.3 is 5.32 Å². The molecule has 1 aromatic carbocycles. The summed E-state index contributed by atoms with van der Waals surface area (Å²) >= 11 is 11.4. The van der Waals surface area contributed by atoms with E-state index in [1.54, 1.807) is 12.1 Å². The fourth-order valence-electron chi connectivity index (χ4n) is 2.42. The van der Waals surface area contributed by atoms with Crippen LogP contribution in [0.2, 0.25) is 5.02 Å². The Bertz CT molecular complexity index is 469. The summed E-state index contributed by atoms with van der Waals surface area (Å²) in [6.45, 7) is 2.16. The minimum atomic E-state index is -0.0695. The summed E-state index contributed by atoms with van der Waals surface area (Å²) in [5, 5.41) is 4.17. The first kappa shape index (κ1) is 15.2. The van der Waals surface area contributed by atoms with Gasteiger partial charge in [-0.3, -0.25) is 4.79 Å². The van der Waals surface area contributed by atoms with E-state index < -0.39 is 0 Å². The van der Waals surface area contributed by atoms with Crippen LogP contribution < -0.4 is 5.32 Å². The largest absolute Gasteiger partial charge is 0.348 e. The van der Waals surface area contributed by atoms with Crippen molar-refractivity contribution in [1.29, 1.82) is 0 Å². The molecule has 2 rings (SSSR count). The molecule has 2 unspecified atom stereocenters. The summed E-state index contributed by atoms with van der Waals surface area (Å²) < 4.78 is 0.868. The fourth-order valence-corrected chi connectivity index (χ4v) is 4.18. The quantitative estimate of drug-likeness (QED) is 0.854. The number of nitrogens with one attached hydrogen (secondary N) is 1. The lowest BCUT2D eigenvalue weighted by molar-refractivity contribution is 0.0939. The van der Waals surface area contributed by atoms with Crippen LogP contribution in [0.25, 0.3) is 0 Å². The van der Waals surface area contributed by atoms with Gasteiger partial charge in [-0.1, -0.05) is 40.9 Å². The number of benzene rings is 1. The smallest absolute Gasteiger partial charge is 0.253 e. The Morgan fingerprint density at radius 3 is 3.05 bits per heavy atom. The number of hydrogen-bond donors (Lipinski definition) is 1. The van der Waals surface area contributed by atoms with Crippen molar-refractivity contribution < 1.29 is 4.79 Å². The van der Waals surface area contributed by atoms with Gasteiger partial charge in [-0.2, -0.15) is 11.8 Å². The predicted octanol–water partition coefficient (Wildman–Crippen LogP) is 4.51. The lowest BCUT2D eigenvalue weighted by Gasteiger charge is -2.20. The summed E-state index contributed by atoms with van der Waals surface area (Å²) in [6, 6.07) is 5.62. The third-order valence-corrected chi connectivity index (χ3v) is 5.47. The Morgan fingerprint density at radius 2 is 2.32 bits per heavy atom. The van der Waals surface area contributed by atoms with E-state index in [0.717, 1.165) is 16.6 Å². The highest BCUT2D eigenvalue weighted by Crippen LogP contribution is 2.30. The van der Waals surface area contributed by atoms with E-state index in [2.05, 4.69) is 28.2 Å². The standard InChI is InChI=1S/C14H17BrClNOS/c1-2-19-13-5-3-4-12(13)17-14(18)10-8-9(15)6-7-11(10)16/h6-8,12-13H,2-5H2,1H3,(H,17,18). The van der Waals surface area contributed by atoms with Gasteiger partial charge in [0.25, 0.3) is 5.91 Å². The van der Waals surface area contributed by atoms with Gasteiger partial charge >= 0.3 is 0 Å². The minimum absolute atomic E-state index is 0.0695. The summed E-state index contributed by atoms with van der Waals surface area (Å²) in [5.74, 6) is 1.02. The van der Waals surface area contributed by atoms with Gasteiger partial charge in [0.15, 0.2) is 0 Å². The molecule has 0 bridgehead atoms. The molecule has 1 amide bonds. The summed E-state index contributed by atoms with van der Waals surface area (Å²) in [6.07, 6.45) is 3.44. The molecule has 1 N–H and O–H groups in total. The summed E-state index contributed by atoms with van der Waals surface area (Å²) in [5.41, 5.74) is 0.545. The first-order valence-corrected chi connectivity index (χ1v) is 8.71. The molecule has 0 saturated heterocycles. The van der Waals surface area contributed by atoms with Crippen molar-refractivity contribution in [3.8, 4) is 0 Å². The van der Waals surface area contributed by atoms with E-state index in [-0.39, 0.29) is 11.9 Å². The molecule has 2 atom stereocenters. The third-order valence-electron chi connectivity index (χ3n) is 3.32. The van der Waals surface area contributed by atoms with Crippen LogP contribution in [0.15, 0.2) is 22.7 Å². The molecular formula is C14H17BrClNOS. The van der Waals surface area contributed by atoms with Crippen molar-refractivity contribution in [1.82, 2.24) is 5.32 Å². The number of carbonyl (C=O) groups is 1. The topological polar surface area (TPSA) is 29.1 Å². The summed E-state index contributed by atoms with van der Waals surface area (Å²) in [4.78, 5) is 12.3. The number of amides is 1. The Labute approximate surface area is 131 Å². The first-order valence-electron chi connectivity index (χ1n) is 6.49. The zero-order chi connectivity index (χ0) is 13.8. The number of thioether (sulfide) groups is 1. The Hall–Kier alpha value is -0.190. The normalized spacial score (nSPS) is 22.5. The second kappa shape index (κ2) is 7.00. The van der Waals surface area contributed by atoms with Crippen LogP contribution in [0.5, 0.6) is 0 Å². The van der Waals surface area contributed by atoms with Crippen LogP contribution in [-0.4, -0.2) is 23.0 Å². The van der Waals surface area contributed by atoms with E-state index in [4.69, 9.17) is 11.6 Å². The molecule has 1 aliphatic rings. The van der Waals surface area contributed by atoms with Gasteiger partial charge in [0.05, 0.1) is 10.6 Å². The van der Waals surface area contributed by atoms with Gasteiger partial charge in [0.2, 0.25) is 0 Å². The van der Waals surface area contributed by atoms with Gasteiger partial charge in [0, 0.05) is 15.8 Å². The fraction of sp³-hybridized carbons (Fsp3) is 0.500. The maximum Gasteiger partial charge on any atom is 0.253 e. The van der Waals surface area contributed by atoms with Gasteiger partial charge in [-0.25, -0.2) is 0 Å². The van der Waals surface area contributed by atoms with Crippen molar-refractivity contribution in [2.45, 2.75) is 37.5 Å². The molecule has 0 aliphatic heterocycles. The van der Waals surface area contributed by atoms with E-state index in [9.17, 15) is 4.79 Å². The van der Waals surface area contributed by atoms with Crippen molar-refractivity contribution in [2.75, 3.05) is 5.75 Å². The second-order valence-electron chi connectivity index (χ2n) is 4.63. The zero-order valence-corrected chi connectivity index (χ0v) is 13.9. The molecule has 2 nitrogen and oxygen atoms in total. The lowest BCUT2D eigenvalue weighted by Crippen LogP contribution is -2.38. The van der Waals surface area contributed by atoms with Crippen molar-refractivity contribution in [3.63, 3.8) is 0 Å². The maximum atomic E-state index is 12.3. The van der Waals surface area contributed by atoms with Crippen LogP contribution in [0, 0.1) is 0 Å². The Morgan fingerprint density at radius 1 is 1.53 bits per heavy atom. The van der Waals surface area contributed by atoms with Gasteiger partial charge in [0.1, 0.15) is 0 Å². The molecule has 1 fully saturated rings. The van der Waals surface area contributed by atoms with E-state index in [1.807, 2.05) is 17.8 Å². The van der Waals surface area contributed by atoms with Crippen LogP contribution in [0.3, 0.4) is 0 Å². The molecule has 0 aromatic heterocycles. The number of hydrogen-bond acceptors (Lipinski definition) is 2. The van der Waals surface area contributed by atoms with Crippen molar-refractivity contribution >= 4 is 45.2 Å². The highest BCUT2D eigenvalue weighted by Gasteiger charge is 2.29. The zero-order valence-electron chi connectivity index (χ0n) is 10.8. The molecular weight excluding hydrogens is 346 g/mol. The Balaban J connectivity index is 2.06. The van der Waals surface area contributed by atoms with E-state index in [1.165, 1.54) is 12.8 Å². The Kier molecular flexibility index (Phi) is 5.60. The first-order chi connectivity index (χ1) is 9.11. The number of rotatable bonds is 4. The maximum absolute atomic E-state index is 12.3. The average molecular weight is 363 g/mol. The SMILES string of the molecule is CCSC1CCCC1NC(=O)c1cc(Br)ccc1Cl. The second-order valence-corrected chi connectivity index (χ2v) is 7.47. The summed E-state index contributed by atoms with van der Waals surface area (Å²) in [7, 11) is 0. The molecule has 0 heterocycles. The average Bonchev–Trinajstić information content (AvgIpc) is 2.80. The van der Waals surface area contributed by atoms with Crippen LogP contribution in [0.1, 0.15) is 36.5 Å². The van der Waals surface area contributed by atoms with Gasteiger partial charge in [-0.05, 0) is 36.8 Å². The molecule has 1 saturated carbocycles. The molecule has 1 aliphatic carbocycles. The molecule has 1 aromatic rings. The van der Waals surface area contributed by atoms with Gasteiger partial charge in [-0.15, -0.1) is 0 Å². The molecule has 5 heteroatoms. The van der Waals surface area contributed by atoms with Crippen LogP contribution in [-0.2, 0) is 0 Å². The van der Waals surface area contributed by atoms with Crippen LogP contribution in [0.4, 0.5) is 0 Å². The van der Waals surface area contributed by atoms with Crippen molar-refractivity contribution in [3.05, 3.63) is 33.3 Å². The molecule has 0 spiro atoms. The molecule has 104 valence electrons. The monoisotopic (exact) mass is 361 g/mol. The predicted molar refractivity (Wildman–Crippen MR) is 86.2 cm³/mol. The molecule has 0 radical (unpaired) electrons. The van der Waals surface area contributed by atoms with Crippen LogP contribution >= 0.6 is 39.3 Å². The lowest BCUT2D eigenvalue weighted by atomic mass is 10.2.